The first-order valence-corrected chi connectivity index (χ1v) is 9.40. The monoisotopic (exact) mass is 360 g/mol. The first-order valence-electron chi connectivity index (χ1n) is 9.40. The first-order chi connectivity index (χ1) is 12.6. The fourth-order valence-electron chi connectivity index (χ4n) is 3.75. The highest BCUT2D eigenvalue weighted by molar-refractivity contribution is 5.89. The number of rotatable bonds is 6. The predicted molar refractivity (Wildman–Crippen MR) is 98.2 cm³/mol. The van der Waals surface area contributed by atoms with Crippen LogP contribution in [-0.2, 0) is 9.59 Å². The summed E-state index contributed by atoms with van der Waals surface area (Å²) in [5, 5.41) is 0. The van der Waals surface area contributed by atoms with Crippen molar-refractivity contribution in [1.29, 1.82) is 0 Å². The van der Waals surface area contributed by atoms with Gasteiger partial charge in [-0.1, -0.05) is 6.92 Å². The van der Waals surface area contributed by atoms with Crippen LogP contribution in [-0.4, -0.2) is 61.5 Å². The van der Waals surface area contributed by atoms with Crippen molar-refractivity contribution in [2.45, 2.75) is 26.2 Å². The maximum absolute atomic E-state index is 12.7. The number of hydrogen-bond acceptors (Lipinski definition) is 4. The summed E-state index contributed by atoms with van der Waals surface area (Å²) in [5.74, 6) is 2.07. The molecular weight excluding hydrogens is 332 g/mol. The van der Waals surface area contributed by atoms with E-state index in [1.54, 1.807) is 12.0 Å². The fourth-order valence-corrected chi connectivity index (χ4v) is 3.75. The Labute approximate surface area is 155 Å². The summed E-state index contributed by atoms with van der Waals surface area (Å²) in [6, 6.07) is 7.36. The molecule has 2 unspecified atom stereocenters. The van der Waals surface area contributed by atoms with Crippen molar-refractivity contribution in [2.75, 3.05) is 39.9 Å². The van der Waals surface area contributed by atoms with Gasteiger partial charge in [-0.15, -0.1) is 0 Å². The molecule has 0 radical (unpaired) electrons. The molecule has 2 fully saturated rings. The van der Waals surface area contributed by atoms with Gasteiger partial charge in [-0.25, -0.2) is 0 Å². The Morgan fingerprint density at radius 3 is 2.62 bits per heavy atom. The minimum atomic E-state index is -0.200. The largest absolute Gasteiger partial charge is 0.497 e. The summed E-state index contributed by atoms with van der Waals surface area (Å²) in [7, 11) is 1.62. The van der Waals surface area contributed by atoms with Crippen LogP contribution in [0.15, 0.2) is 24.3 Å². The zero-order valence-electron chi connectivity index (χ0n) is 15.6. The average molecular weight is 360 g/mol. The number of piperidine rings is 1. The molecule has 0 aromatic heterocycles. The van der Waals surface area contributed by atoms with Crippen LogP contribution < -0.4 is 9.47 Å². The second-order valence-corrected chi connectivity index (χ2v) is 7.30. The van der Waals surface area contributed by atoms with Crippen molar-refractivity contribution in [3.05, 3.63) is 24.3 Å². The highest BCUT2D eigenvalue weighted by Gasteiger charge is 2.37. The molecule has 2 aliphatic heterocycles. The summed E-state index contributed by atoms with van der Waals surface area (Å²) < 4.78 is 10.8. The molecule has 1 aromatic rings. The molecule has 0 saturated carbocycles. The van der Waals surface area contributed by atoms with Gasteiger partial charge < -0.3 is 19.3 Å². The summed E-state index contributed by atoms with van der Waals surface area (Å²) in [6.07, 6.45) is 2.57. The van der Waals surface area contributed by atoms with Crippen LogP contribution in [0.1, 0.15) is 26.2 Å². The van der Waals surface area contributed by atoms with Gasteiger partial charge in [-0.3, -0.25) is 9.59 Å². The van der Waals surface area contributed by atoms with Gasteiger partial charge in [0, 0.05) is 26.1 Å². The zero-order chi connectivity index (χ0) is 18.5. The minimum absolute atomic E-state index is 0.0479. The molecule has 142 valence electrons. The lowest BCUT2D eigenvalue weighted by Gasteiger charge is -2.32. The number of ether oxygens (including phenoxy) is 2. The summed E-state index contributed by atoms with van der Waals surface area (Å²) >= 11 is 0. The molecule has 2 heterocycles. The van der Waals surface area contributed by atoms with Crippen molar-refractivity contribution in [3.63, 3.8) is 0 Å². The Bertz CT molecular complexity index is 631. The van der Waals surface area contributed by atoms with Gasteiger partial charge in [0.1, 0.15) is 18.1 Å². The van der Waals surface area contributed by atoms with E-state index in [-0.39, 0.29) is 17.7 Å². The molecule has 2 saturated heterocycles. The third-order valence-corrected chi connectivity index (χ3v) is 5.22. The second kappa shape index (κ2) is 8.43. The van der Waals surface area contributed by atoms with Crippen LogP contribution in [0.25, 0.3) is 0 Å². The SMILES string of the molecule is COc1ccc(OCCN2CC(C(=O)N3CCCC(C)C3)CC2=O)cc1. The number of carbonyl (C=O) groups excluding carboxylic acids is 2. The van der Waals surface area contributed by atoms with E-state index < -0.39 is 0 Å². The predicted octanol–water partition coefficient (Wildman–Crippen LogP) is 2.18. The standard InChI is InChI=1S/C20H28N2O4/c1-15-4-3-9-22(13-15)20(24)16-12-19(23)21(14-16)10-11-26-18-7-5-17(25-2)6-8-18/h5-8,15-16H,3-4,9-14H2,1-2H3. The smallest absolute Gasteiger partial charge is 0.228 e. The topological polar surface area (TPSA) is 59.1 Å². The van der Waals surface area contributed by atoms with E-state index in [9.17, 15) is 9.59 Å². The van der Waals surface area contributed by atoms with E-state index in [0.29, 0.717) is 32.0 Å². The van der Waals surface area contributed by atoms with Gasteiger partial charge in [0.2, 0.25) is 11.8 Å². The molecule has 0 N–H and O–H groups in total. The van der Waals surface area contributed by atoms with Gasteiger partial charge in [-0.2, -0.15) is 0 Å². The Hall–Kier alpha value is -2.24. The maximum Gasteiger partial charge on any atom is 0.228 e. The van der Waals surface area contributed by atoms with E-state index in [1.807, 2.05) is 29.2 Å². The minimum Gasteiger partial charge on any atom is -0.497 e. The first kappa shape index (κ1) is 18.5. The normalized spacial score (nSPS) is 23.2. The Morgan fingerprint density at radius 1 is 1.19 bits per heavy atom. The number of benzene rings is 1. The molecule has 2 amide bonds. The van der Waals surface area contributed by atoms with Crippen molar-refractivity contribution in [1.82, 2.24) is 9.80 Å². The lowest BCUT2D eigenvalue weighted by atomic mass is 9.98. The van der Waals surface area contributed by atoms with Crippen LogP contribution >= 0.6 is 0 Å². The van der Waals surface area contributed by atoms with Crippen LogP contribution in [0.2, 0.25) is 0 Å². The maximum atomic E-state index is 12.7. The summed E-state index contributed by atoms with van der Waals surface area (Å²) in [5.41, 5.74) is 0. The lowest BCUT2D eigenvalue weighted by Crippen LogP contribution is -2.43. The molecule has 0 aliphatic carbocycles. The number of amides is 2. The zero-order valence-corrected chi connectivity index (χ0v) is 15.6. The molecule has 6 nitrogen and oxygen atoms in total. The van der Waals surface area contributed by atoms with Gasteiger partial charge in [0.15, 0.2) is 0 Å². The highest BCUT2D eigenvalue weighted by Crippen LogP contribution is 2.24. The Balaban J connectivity index is 1.46. The average Bonchev–Trinajstić information content (AvgIpc) is 3.02. The van der Waals surface area contributed by atoms with Crippen LogP contribution in [0.3, 0.4) is 0 Å². The fraction of sp³-hybridized carbons (Fsp3) is 0.600. The van der Waals surface area contributed by atoms with Crippen LogP contribution in [0.5, 0.6) is 11.5 Å². The molecule has 26 heavy (non-hydrogen) atoms. The number of likely N-dealkylation sites (tertiary alicyclic amines) is 2. The van der Waals surface area contributed by atoms with E-state index in [4.69, 9.17) is 9.47 Å². The molecular formula is C20H28N2O4. The lowest BCUT2D eigenvalue weighted by molar-refractivity contribution is -0.137. The Morgan fingerprint density at radius 2 is 1.92 bits per heavy atom. The molecule has 6 heteroatoms. The van der Waals surface area contributed by atoms with Crippen molar-refractivity contribution in [3.8, 4) is 11.5 Å². The Kier molecular flexibility index (Phi) is 6.01. The molecule has 1 aromatic carbocycles. The number of nitrogens with zero attached hydrogens (tertiary/aromatic N) is 2. The van der Waals surface area contributed by atoms with Crippen molar-refractivity contribution >= 4 is 11.8 Å². The number of carbonyl (C=O) groups is 2. The quantitative estimate of drug-likeness (QED) is 0.780. The summed E-state index contributed by atoms with van der Waals surface area (Å²) in [6.45, 7) is 5.26. The number of hydrogen-bond donors (Lipinski definition) is 0. The van der Waals surface area contributed by atoms with Gasteiger partial charge in [-0.05, 0) is 43.0 Å². The van der Waals surface area contributed by atoms with E-state index in [0.717, 1.165) is 31.0 Å². The van der Waals surface area contributed by atoms with Gasteiger partial charge >= 0.3 is 0 Å². The third-order valence-electron chi connectivity index (χ3n) is 5.22. The van der Waals surface area contributed by atoms with Crippen molar-refractivity contribution < 1.29 is 19.1 Å². The molecule has 3 rings (SSSR count). The molecule has 0 bridgehead atoms. The van der Waals surface area contributed by atoms with E-state index in [1.165, 1.54) is 6.42 Å². The van der Waals surface area contributed by atoms with Crippen LogP contribution in [0, 0.1) is 11.8 Å². The van der Waals surface area contributed by atoms with Gasteiger partial charge in [0.25, 0.3) is 0 Å². The third kappa shape index (κ3) is 4.48. The molecule has 2 aliphatic rings. The van der Waals surface area contributed by atoms with Crippen LogP contribution in [0.4, 0.5) is 0 Å². The van der Waals surface area contributed by atoms with E-state index >= 15 is 0 Å². The van der Waals surface area contributed by atoms with Crippen molar-refractivity contribution in [2.24, 2.45) is 11.8 Å². The number of methoxy groups -OCH3 is 1. The van der Waals surface area contributed by atoms with Gasteiger partial charge in [0.05, 0.1) is 19.6 Å². The van der Waals surface area contributed by atoms with E-state index in [2.05, 4.69) is 6.92 Å². The molecule has 0 spiro atoms. The molecule has 2 atom stereocenters. The second-order valence-electron chi connectivity index (χ2n) is 7.30. The highest BCUT2D eigenvalue weighted by atomic mass is 16.5. The summed E-state index contributed by atoms with van der Waals surface area (Å²) in [4.78, 5) is 28.6.